The highest BCUT2D eigenvalue weighted by Gasteiger charge is 2.18. The standard InChI is InChI=1S/C18H25N3O4/c1-2-3-4-5-6-7-11-16(18(19)23)20-17(22)13-14-9-8-10-15(12-14)21(24)25/h2,8-10,12,16H,1,3-7,11,13H2,(H2,19,23)(H,20,22)/t16-/m1/s1. The Morgan fingerprint density at radius 2 is 2.00 bits per heavy atom. The fourth-order valence-electron chi connectivity index (χ4n) is 2.49. The second kappa shape index (κ2) is 11.0. The molecule has 0 aliphatic carbocycles. The van der Waals surface area contributed by atoms with E-state index in [1.54, 1.807) is 6.07 Å². The Balaban J connectivity index is 2.47. The van der Waals surface area contributed by atoms with Crippen LogP contribution in [0.1, 0.15) is 44.1 Å². The van der Waals surface area contributed by atoms with Gasteiger partial charge in [0.15, 0.2) is 0 Å². The van der Waals surface area contributed by atoms with E-state index in [-0.39, 0.29) is 18.0 Å². The van der Waals surface area contributed by atoms with Gasteiger partial charge in [0, 0.05) is 12.1 Å². The second-order valence-electron chi connectivity index (χ2n) is 5.91. The Labute approximate surface area is 147 Å². The zero-order valence-corrected chi connectivity index (χ0v) is 14.3. The number of nitrogens with two attached hydrogens (primary N) is 1. The second-order valence-corrected chi connectivity index (χ2v) is 5.91. The van der Waals surface area contributed by atoms with Crippen LogP contribution in [0, 0.1) is 10.1 Å². The van der Waals surface area contributed by atoms with Crippen molar-refractivity contribution in [2.45, 2.75) is 51.0 Å². The molecule has 1 aromatic rings. The van der Waals surface area contributed by atoms with Crippen molar-refractivity contribution in [1.29, 1.82) is 0 Å². The van der Waals surface area contributed by atoms with Gasteiger partial charge in [-0.2, -0.15) is 0 Å². The van der Waals surface area contributed by atoms with Crippen LogP contribution in [0.15, 0.2) is 36.9 Å². The molecule has 7 nitrogen and oxygen atoms in total. The normalized spacial score (nSPS) is 11.5. The molecule has 3 N–H and O–H groups in total. The number of amides is 2. The van der Waals surface area contributed by atoms with E-state index < -0.39 is 16.9 Å². The number of rotatable bonds is 12. The zero-order valence-electron chi connectivity index (χ0n) is 14.3. The molecular formula is C18H25N3O4. The summed E-state index contributed by atoms with van der Waals surface area (Å²) in [5.41, 5.74) is 5.79. The van der Waals surface area contributed by atoms with E-state index in [1.165, 1.54) is 18.2 Å². The number of carbonyl (C=O) groups excluding carboxylic acids is 2. The van der Waals surface area contributed by atoms with Crippen LogP contribution in [-0.4, -0.2) is 22.8 Å². The smallest absolute Gasteiger partial charge is 0.269 e. The fourth-order valence-corrected chi connectivity index (χ4v) is 2.49. The molecule has 0 spiro atoms. The summed E-state index contributed by atoms with van der Waals surface area (Å²) < 4.78 is 0. The van der Waals surface area contributed by atoms with Gasteiger partial charge in [-0.05, 0) is 24.8 Å². The van der Waals surface area contributed by atoms with Gasteiger partial charge in [-0.3, -0.25) is 19.7 Å². The first-order chi connectivity index (χ1) is 11.9. The predicted molar refractivity (Wildman–Crippen MR) is 95.8 cm³/mol. The number of carbonyl (C=O) groups is 2. The predicted octanol–water partition coefficient (Wildman–Crippen LogP) is 2.63. The maximum absolute atomic E-state index is 12.1. The van der Waals surface area contributed by atoms with Gasteiger partial charge in [-0.25, -0.2) is 0 Å². The molecule has 0 saturated heterocycles. The molecule has 0 fully saturated rings. The van der Waals surface area contributed by atoms with Crippen LogP contribution in [0.2, 0.25) is 0 Å². The molecule has 0 aliphatic heterocycles. The van der Waals surface area contributed by atoms with Gasteiger partial charge >= 0.3 is 0 Å². The highest BCUT2D eigenvalue weighted by molar-refractivity contribution is 5.87. The summed E-state index contributed by atoms with van der Waals surface area (Å²) in [7, 11) is 0. The number of primary amides is 1. The summed E-state index contributed by atoms with van der Waals surface area (Å²) in [6.45, 7) is 3.67. The summed E-state index contributed by atoms with van der Waals surface area (Å²) in [5.74, 6) is -0.950. The molecule has 0 aliphatic rings. The van der Waals surface area contributed by atoms with Crippen molar-refractivity contribution in [2.24, 2.45) is 5.73 Å². The summed E-state index contributed by atoms with van der Waals surface area (Å²) in [5, 5.41) is 13.4. The van der Waals surface area contributed by atoms with Gasteiger partial charge in [0.05, 0.1) is 11.3 Å². The highest BCUT2D eigenvalue weighted by Crippen LogP contribution is 2.14. The van der Waals surface area contributed by atoms with Gasteiger partial charge in [-0.1, -0.05) is 37.5 Å². The lowest BCUT2D eigenvalue weighted by atomic mass is 10.0. The minimum absolute atomic E-state index is 0.0369. The van der Waals surface area contributed by atoms with Gasteiger partial charge in [0.2, 0.25) is 11.8 Å². The number of nitrogens with one attached hydrogen (secondary N) is 1. The van der Waals surface area contributed by atoms with E-state index >= 15 is 0 Å². The third-order valence-electron chi connectivity index (χ3n) is 3.82. The van der Waals surface area contributed by atoms with Crippen LogP contribution < -0.4 is 11.1 Å². The number of nitro groups is 1. The molecule has 0 aromatic heterocycles. The van der Waals surface area contributed by atoms with E-state index in [1.807, 2.05) is 6.08 Å². The Morgan fingerprint density at radius 3 is 2.64 bits per heavy atom. The number of non-ortho nitro benzene ring substituents is 1. The molecule has 1 rings (SSSR count). The molecule has 1 atom stereocenters. The van der Waals surface area contributed by atoms with Crippen molar-refractivity contribution in [3.8, 4) is 0 Å². The van der Waals surface area contributed by atoms with Crippen LogP contribution in [0.25, 0.3) is 0 Å². The fraction of sp³-hybridized carbons (Fsp3) is 0.444. The zero-order chi connectivity index (χ0) is 18.7. The average molecular weight is 347 g/mol. The average Bonchev–Trinajstić information content (AvgIpc) is 2.56. The SMILES string of the molecule is C=CCCCCCC[C@@H](NC(=O)Cc1cccc([N+](=O)[O-])c1)C(N)=O. The lowest BCUT2D eigenvalue weighted by Gasteiger charge is -2.15. The number of nitrogens with zero attached hydrogens (tertiary/aromatic N) is 1. The monoisotopic (exact) mass is 347 g/mol. The minimum Gasteiger partial charge on any atom is -0.368 e. The number of benzene rings is 1. The molecule has 7 heteroatoms. The van der Waals surface area contributed by atoms with Crippen molar-refractivity contribution in [3.05, 3.63) is 52.6 Å². The first-order valence-electron chi connectivity index (χ1n) is 8.37. The van der Waals surface area contributed by atoms with Crippen LogP contribution in [0.4, 0.5) is 5.69 Å². The number of hydrogen-bond donors (Lipinski definition) is 2. The summed E-state index contributed by atoms with van der Waals surface area (Å²) in [4.78, 5) is 33.8. The van der Waals surface area contributed by atoms with Gasteiger partial charge < -0.3 is 11.1 Å². The molecule has 0 bridgehead atoms. The van der Waals surface area contributed by atoms with Crippen molar-refractivity contribution in [3.63, 3.8) is 0 Å². The van der Waals surface area contributed by atoms with Crippen LogP contribution >= 0.6 is 0 Å². The van der Waals surface area contributed by atoms with Crippen molar-refractivity contribution in [1.82, 2.24) is 5.32 Å². The molecule has 136 valence electrons. The lowest BCUT2D eigenvalue weighted by Crippen LogP contribution is -2.44. The molecule has 1 aromatic carbocycles. The minimum atomic E-state index is -0.717. The number of hydrogen-bond acceptors (Lipinski definition) is 4. The lowest BCUT2D eigenvalue weighted by molar-refractivity contribution is -0.384. The molecular weight excluding hydrogens is 322 g/mol. The van der Waals surface area contributed by atoms with E-state index in [9.17, 15) is 19.7 Å². The maximum atomic E-state index is 12.1. The van der Waals surface area contributed by atoms with E-state index in [4.69, 9.17) is 5.73 Å². The van der Waals surface area contributed by atoms with Gasteiger partial charge in [0.25, 0.3) is 5.69 Å². The van der Waals surface area contributed by atoms with Crippen LogP contribution in [0.3, 0.4) is 0 Å². The Bertz CT molecular complexity index is 616. The molecule has 0 unspecified atom stereocenters. The number of allylic oxidation sites excluding steroid dienone is 1. The summed E-state index contributed by atoms with van der Waals surface area (Å²) >= 11 is 0. The summed E-state index contributed by atoms with van der Waals surface area (Å²) in [6, 6.07) is 5.14. The quantitative estimate of drug-likeness (QED) is 0.262. The maximum Gasteiger partial charge on any atom is 0.269 e. The third-order valence-corrected chi connectivity index (χ3v) is 3.82. The first kappa shape index (κ1) is 20.3. The largest absolute Gasteiger partial charge is 0.368 e. The van der Waals surface area contributed by atoms with E-state index in [0.29, 0.717) is 12.0 Å². The van der Waals surface area contributed by atoms with Crippen LogP contribution in [-0.2, 0) is 16.0 Å². The van der Waals surface area contributed by atoms with Crippen molar-refractivity contribution in [2.75, 3.05) is 0 Å². The van der Waals surface area contributed by atoms with E-state index in [0.717, 1.165) is 32.1 Å². The molecule has 0 heterocycles. The summed E-state index contributed by atoms with van der Waals surface area (Å²) in [6.07, 6.45) is 7.15. The van der Waals surface area contributed by atoms with Gasteiger partial charge in [0.1, 0.15) is 6.04 Å². The third kappa shape index (κ3) is 8.10. The van der Waals surface area contributed by atoms with E-state index in [2.05, 4.69) is 11.9 Å². The van der Waals surface area contributed by atoms with Gasteiger partial charge in [-0.15, -0.1) is 6.58 Å². The number of nitro benzene ring substituents is 1. The molecule has 0 saturated carbocycles. The first-order valence-corrected chi connectivity index (χ1v) is 8.37. The van der Waals surface area contributed by atoms with Crippen molar-refractivity contribution < 1.29 is 14.5 Å². The highest BCUT2D eigenvalue weighted by atomic mass is 16.6. The van der Waals surface area contributed by atoms with Crippen LogP contribution in [0.5, 0.6) is 0 Å². The Morgan fingerprint density at radius 1 is 1.28 bits per heavy atom. The topological polar surface area (TPSA) is 115 Å². The number of unbranched alkanes of at least 4 members (excludes halogenated alkanes) is 4. The molecule has 25 heavy (non-hydrogen) atoms. The molecule has 2 amide bonds. The molecule has 0 radical (unpaired) electrons. The Hall–Kier alpha value is -2.70. The Kier molecular flexibility index (Phi) is 8.92. The van der Waals surface area contributed by atoms with Crippen molar-refractivity contribution >= 4 is 17.5 Å².